The molecule has 0 bridgehead atoms. The molecule has 1 fully saturated rings. The molecular formula is C8H15NO2. The summed E-state index contributed by atoms with van der Waals surface area (Å²) >= 11 is 0. The van der Waals surface area contributed by atoms with Gasteiger partial charge in [-0.2, -0.15) is 0 Å². The second-order valence-corrected chi connectivity index (χ2v) is 3.17. The number of hydrogen-bond acceptors (Lipinski definition) is 3. The summed E-state index contributed by atoms with van der Waals surface area (Å²) in [5.74, 6) is 0.563. The summed E-state index contributed by atoms with van der Waals surface area (Å²) in [7, 11) is 1.43. The number of esters is 1. The third-order valence-corrected chi connectivity index (χ3v) is 2.15. The van der Waals surface area contributed by atoms with Crippen LogP contribution in [-0.4, -0.2) is 25.7 Å². The van der Waals surface area contributed by atoms with Gasteiger partial charge in [-0.15, -0.1) is 0 Å². The molecule has 0 aromatic rings. The van der Waals surface area contributed by atoms with Crippen LogP contribution in [0, 0.1) is 5.92 Å². The first-order valence-electron chi connectivity index (χ1n) is 4.05. The Labute approximate surface area is 67.1 Å². The van der Waals surface area contributed by atoms with Crippen LogP contribution in [0.25, 0.3) is 0 Å². The second-order valence-electron chi connectivity index (χ2n) is 3.17. The Hall–Kier alpha value is -0.570. The Kier molecular flexibility index (Phi) is 2.88. The Balaban J connectivity index is 2.33. The van der Waals surface area contributed by atoms with Crippen molar-refractivity contribution in [3.63, 3.8) is 0 Å². The van der Waals surface area contributed by atoms with Gasteiger partial charge >= 0.3 is 5.97 Å². The summed E-state index contributed by atoms with van der Waals surface area (Å²) in [4.78, 5) is 11.0. The number of rotatable bonds is 1. The van der Waals surface area contributed by atoms with Gasteiger partial charge in [0.1, 0.15) is 6.04 Å². The maximum Gasteiger partial charge on any atom is 0.322 e. The third kappa shape index (κ3) is 2.19. The van der Waals surface area contributed by atoms with Crippen LogP contribution in [-0.2, 0) is 9.53 Å². The van der Waals surface area contributed by atoms with Crippen LogP contribution in [0.1, 0.15) is 19.8 Å². The first kappa shape index (κ1) is 8.53. The lowest BCUT2D eigenvalue weighted by molar-refractivity contribution is -0.143. The van der Waals surface area contributed by atoms with Crippen LogP contribution >= 0.6 is 0 Å². The quantitative estimate of drug-likeness (QED) is 0.565. The van der Waals surface area contributed by atoms with Crippen LogP contribution in [0.15, 0.2) is 0 Å². The van der Waals surface area contributed by atoms with E-state index in [1.165, 1.54) is 7.11 Å². The van der Waals surface area contributed by atoms with E-state index in [9.17, 15) is 4.79 Å². The molecule has 1 N–H and O–H groups in total. The topological polar surface area (TPSA) is 38.3 Å². The third-order valence-electron chi connectivity index (χ3n) is 2.15. The molecule has 2 atom stereocenters. The number of carbonyl (C=O) groups excluding carboxylic acids is 1. The fourth-order valence-corrected chi connectivity index (χ4v) is 1.34. The van der Waals surface area contributed by atoms with Crippen LogP contribution in [0.5, 0.6) is 0 Å². The van der Waals surface area contributed by atoms with Crippen molar-refractivity contribution in [3.8, 4) is 0 Å². The number of hydrogen-bond donors (Lipinski definition) is 1. The Morgan fingerprint density at radius 2 is 2.27 bits per heavy atom. The standard InChI is InChI=1S/C8H15NO2/c1-6-3-4-7(9-5-6)8(10)11-2/h6-7,9H,3-5H2,1-2H3/t6-,7+/m0/s1. The Morgan fingerprint density at radius 1 is 1.55 bits per heavy atom. The zero-order valence-electron chi connectivity index (χ0n) is 7.09. The molecule has 1 heterocycles. The van der Waals surface area contributed by atoms with Crippen molar-refractivity contribution < 1.29 is 9.53 Å². The van der Waals surface area contributed by atoms with Crippen molar-refractivity contribution in [3.05, 3.63) is 0 Å². The number of ether oxygens (including phenoxy) is 1. The number of methoxy groups -OCH3 is 1. The highest BCUT2D eigenvalue weighted by Crippen LogP contribution is 2.13. The molecule has 1 aliphatic rings. The molecular weight excluding hydrogens is 142 g/mol. The van der Waals surface area contributed by atoms with Gasteiger partial charge in [0.15, 0.2) is 0 Å². The van der Waals surface area contributed by atoms with Crippen molar-refractivity contribution in [2.24, 2.45) is 5.92 Å². The monoisotopic (exact) mass is 157 g/mol. The highest BCUT2D eigenvalue weighted by molar-refractivity contribution is 5.75. The predicted octanol–water partition coefficient (Wildman–Crippen LogP) is 0.547. The Bertz CT molecular complexity index is 139. The highest BCUT2D eigenvalue weighted by Gasteiger charge is 2.23. The van der Waals surface area contributed by atoms with Gasteiger partial charge in [0, 0.05) is 0 Å². The van der Waals surface area contributed by atoms with Crippen molar-refractivity contribution >= 4 is 5.97 Å². The molecule has 0 unspecified atom stereocenters. The molecule has 3 nitrogen and oxygen atoms in total. The van der Waals surface area contributed by atoms with E-state index in [0.717, 1.165) is 19.4 Å². The molecule has 0 aliphatic carbocycles. The zero-order valence-corrected chi connectivity index (χ0v) is 7.09. The van der Waals surface area contributed by atoms with E-state index in [4.69, 9.17) is 0 Å². The molecule has 11 heavy (non-hydrogen) atoms. The lowest BCUT2D eigenvalue weighted by atomic mass is 9.97. The van der Waals surface area contributed by atoms with Gasteiger partial charge in [0.2, 0.25) is 0 Å². The maximum atomic E-state index is 11.0. The van der Waals surface area contributed by atoms with Crippen molar-refractivity contribution in [1.82, 2.24) is 5.32 Å². The molecule has 0 saturated carbocycles. The lowest BCUT2D eigenvalue weighted by Gasteiger charge is -2.25. The molecule has 0 spiro atoms. The average Bonchev–Trinajstić information content (AvgIpc) is 2.05. The summed E-state index contributed by atoms with van der Waals surface area (Å²) in [5.41, 5.74) is 0. The summed E-state index contributed by atoms with van der Waals surface area (Å²) in [6.07, 6.45) is 2.03. The van der Waals surface area contributed by atoms with Crippen molar-refractivity contribution in [2.45, 2.75) is 25.8 Å². The zero-order chi connectivity index (χ0) is 8.27. The molecule has 0 amide bonds. The summed E-state index contributed by atoms with van der Waals surface area (Å²) in [5, 5.41) is 3.14. The van der Waals surface area contributed by atoms with Gasteiger partial charge in [0.25, 0.3) is 0 Å². The van der Waals surface area contributed by atoms with E-state index >= 15 is 0 Å². The molecule has 1 saturated heterocycles. The van der Waals surface area contributed by atoms with Gasteiger partial charge in [-0.3, -0.25) is 4.79 Å². The van der Waals surface area contributed by atoms with Gasteiger partial charge in [-0.25, -0.2) is 0 Å². The van der Waals surface area contributed by atoms with Gasteiger partial charge in [-0.05, 0) is 25.3 Å². The smallest absolute Gasteiger partial charge is 0.322 e. The van der Waals surface area contributed by atoms with Crippen LogP contribution in [0.3, 0.4) is 0 Å². The normalized spacial score (nSPS) is 31.5. The first-order chi connectivity index (χ1) is 5.24. The van der Waals surface area contributed by atoms with E-state index in [-0.39, 0.29) is 12.0 Å². The van der Waals surface area contributed by atoms with E-state index in [0.29, 0.717) is 5.92 Å². The van der Waals surface area contributed by atoms with Gasteiger partial charge in [0.05, 0.1) is 7.11 Å². The van der Waals surface area contributed by atoms with Gasteiger partial charge < -0.3 is 10.1 Å². The summed E-state index contributed by atoms with van der Waals surface area (Å²) in [6, 6.07) is -0.0591. The molecule has 0 aromatic carbocycles. The van der Waals surface area contributed by atoms with Gasteiger partial charge in [-0.1, -0.05) is 6.92 Å². The largest absolute Gasteiger partial charge is 0.468 e. The number of carbonyl (C=O) groups is 1. The highest BCUT2D eigenvalue weighted by atomic mass is 16.5. The van der Waals surface area contributed by atoms with Crippen LogP contribution < -0.4 is 5.32 Å². The van der Waals surface area contributed by atoms with Crippen LogP contribution in [0.4, 0.5) is 0 Å². The maximum absolute atomic E-state index is 11.0. The van der Waals surface area contributed by atoms with Crippen LogP contribution in [0.2, 0.25) is 0 Å². The molecule has 1 rings (SSSR count). The van der Waals surface area contributed by atoms with E-state index in [2.05, 4.69) is 17.0 Å². The predicted molar refractivity (Wildman–Crippen MR) is 42.2 cm³/mol. The average molecular weight is 157 g/mol. The van der Waals surface area contributed by atoms with Crippen molar-refractivity contribution in [2.75, 3.05) is 13.7 Å². The molecule has 3 heteroatoms. The number of nitrogens with one attached hydrogen (secondary N) is 1. The minimum absolute atomic E-state index is 0.0591. The fraction of sp³-hybridized carbons (Fsp3) is 0.875. The molecule has 64 valence electrons. The fourth-order valence-electron chi connectivity index (χ4n) is 1.34. The first-order valence-corrected chi connectivity index (χ1v) is 4.05. The SMILES string of the molecule is COC(=O)[C@H]1CC[C@H](C)CN1. The lowest BCUT2D eigenvalue weighted by Crippen LogP contribution is -2.43. The second kappa shape index (κ2) is 3.72. The Morgan fingerprint density at radius 3 is 2.73 bits per heavy atom. The number of piperidine rings is 1. The van der Waals surface area contributed by atoms with E-state index in [1.807, 2.05) is 0 Å². The van der Waals surface area contributed by atoms with E-state index < -0.39 is 0 Å². The minimum Gasteiger partial charge on any atom is -0.468 e. The molecule has 0 aromatic heterocycles. The summed E-state index contributed by atoms with van der Waals surface area (Å²) < 4.78 is 4.62. The molecule has 1 aliphatic heterocycles. The minimum atomic E-state index is -0.128. The van der Waals surface area contributed by atoms with E-state index in [1.54, 1.807) is 0 Å². The van der Waals surface area contributed by atoms with Crippen molar-refractivity contribution in [1.29, 1.82) is 0 Å². The summed E-state index contributed by atoms with van der Waals surface area (Å²) in [6.45, 7) is 3.11. The molecule has 0 radical (unpaired) electrons.